The van der Waals surface area contributed by atoms with Crippen LogP contribution in [0.25, 0.3) is 0 Å². The van der Waals surface area contributed by atoms with Crippen LogP contribution in [0.2, 0.25) is 0 Å². The number of amides is 2. The van der Waals surface area contributed by atoms with Crippen molar-refractivity contribution in [2.45, 2.75) is 43.0 Å². The van der Waals surface area contributed by atoms with Crippen molar-refractivity contribution in [1.82, 2.24) is 10.6 Å². The van der Waals surface area contributed by atoms with Gasteiger partial charge in [-0.1, -0.05) is 12.5 Å². The van der Waals surface area contributed by atoms with E-state index in [0.717, 1.165) is 25.0 Å². The number of hydrogen-bond acceptors (Lipinski definition) is 6. The van der Waals surface area contributed by atoms with E-state index < -0.39 is 17.9 Å². The summed E-state index contributed by atoms with van der Waals surface area (Å²) in [5, 5.41) is 32.1. The summed E-state index contributed by atoms with van der Waals surface area (Å²) in [7, 11) is 0. The summed E-state index contributed by atoms with van der Waals surface area (Å²) < 4.78 is 0. The molecule has 0 aliphatic carbocycles. The molecule has 1 aromatic carbocycles. The lowest BCUT2D eigenvalue weighted by Gasteiger charge is -2.16. The lowest BCUT2D eigenvalue weighted by Crippen LogP contribution is -2.36. The zero-order chi connectivity index (χ0) is 21.6. The third-order valence-electron chi connectivity index (χ3n) is 4.61. The van der Waals surface area contributed by atoms with Crippen molar-refractivity contribution in [2.75, 3.05) is 11.5 Å². The van der Waals surface area contributed by atoms with Crippen molar-refractivity contribution < 1.29 is 34.5 Å². The number of hydrogen-bond donors (Lipinski definition) is 6. The Morgan fingerprint density at radius 1 is 1.10 bits per heavy atom. The van der Waals surface area contributed by atoms with Gasteiger partial charge in [0, 0.05) is 23.1 Å². The van der Waals surface area contributed by atoms with E-state index in [1.54, 1.807) is 0 Å². The highest BCUT2D eigenvalue weighted by Gasteiger charge is 2.42. The highest BCUT2D eigenvalue weighted by molar-refractivity contribution is 8.00. The first-order valence-electron chi connectivity index (χ1n) is 8.96. The molecule has 0 unspecified atom stereocenters. The minimum atomic E-state index is -1.34. The summed E-state index contributed by atoms with van der Waals surface area (Å²) in [6, 6.07) is 4.37. The van der Waals surface area contributed by atoms with Crippen molar-refractivity contribution in [3.8, 4) is 0 Å². The van der Waals surface area contributed by atoms with Crippen molar-refractivity contribution >= 4 is 41.4 Å². The Hall–Kier alpha value is -2.95. The molecule has 3 rings (SSSR count). The van der Waals surface area contributed by atoms with E-state index in [4.69, 9.17) is 21.1 Å². The van der Waals surface area contributed by atoms with Crippen LogP contribution in [0.4, 0.5) is 10.5 Å². The predicted molar refractivity (Wildman–Crippen MR) is 106 cm³/mol. The predicted octanol–water partition coefficient (Wildman–Crippen LogP) is 1.46. The van der Waals surface area contributed by atoms with Gasteiger partial charge in [0.05, 0.1) is 23.2 Å². The quantitative estimate of drug-likeness (QED) is 0.214. The number of aromatic carboxylic acids is 2. The highest BCUT2D eigenvalue weighted by Crippen LogP contribution is 2.33. The largest absolute Gasteiger partial charge is 0.481 e. The van der Waals surface area contributed by atoms with E-state index >= 15 is 0 Å². The Morgan fingerprint density at radius 2 is 1.83 bits per heavy atom. The molecule has 2 amide bonds. The van der Waals surface area contributed by atoms with Crippen LogP contribution in [-0.4, -0.2) is 62.3 Å². The molecule has 10 nitrogen and oxygen atoms in total. The minimum absolute atomic E-state index is 0.0487. The number of carboxylic acid groups (broad SMARTS) is 3. The first-order chi connectivity index (χ1) is 13.7. The first-order valence-corrected chi connectivity index (χ1v) is 10.0. The number of carboxylic acids is 3. The standard InChI is InChI=1S/C10H16N2O3S.C8H7NO4/c13-8(14)4-2-1-3-7-9-6(5-16-7)11-10(15)12-9;9-5-3-1-2-4(7(10)11)6(5)8(12)13/h6-7,9H,1-5H2,(H,13,14)(H2,11,12,15);1-3H,9H2,(H,10,11)(H,12,13)/t6-,7-,9-;/m0./s1. The van der Waals surface area contributed by atoms with Gasteiger partial charge in [-0.25, -0.2) is 14.4 Å². The Labute approximate surface area is 170 Å². The van der Waals surface area contributed by atoms with Gasteiger partial charge < -0.3 is 31.7 Å². The van der Waals surface area contributed by atoms with E-state index in [0.29, 0.717) is 5.25 Å². The number of urea groups is 1. The highest BCUT2D eigenvalue weighted by atomic mass is 32.2. The Morgan fingerprint density at radius 3 is 2.41 bits per heavy atom. The first kappa shape index (κ1) is 22.3. The normalized spacial score (nSPS) is 21.9. The maximum absolute atomic E-state index is 11.1. The third kappa shape index (κ3) is 6.01. The van der Waals surface area contributed by atoms with Gasteiger partial charge in [-0.2, -0.15) is 11.8 Å². The van der Waals surface area contributed by atoms with Crippen LogP contribution in [0.1, 0.15) is 46.4 Å². The van der Waals surface area contributed by atoms with Crippen molar-refractivity contribution in [3.63, 3.8) is 0 Å². The van der Waals surface area contributed by atoms with Crippen molar-refractivity contribution in [2.24, 2.45) is 0 Å². The van der Waals surface area contributed by atoms with Crippen molar-refractivity contribution in [1.29, 1.82) is 0 Å². The van der Waals surface area contributed by atoms with Crippen LogP contribution in [-0.2, 0) is 4.79 Å². The maximum atomic E-state index is 11.1. The minimum Gasteiger partial charge on any atom is -0.481 e. The number of fused-ring (bicyclic) bond motifs is 1. The van der Waals surface area contributed by atoms with Gasteiger partial charge in [0.15, 0.2) is 0 Å². The molecule has 158 valence electrons. The average molecular weight is 425 g/mol. The summed E-state index contributed by atoms with van der Waals surface area (Å²) in [5.41, 5.74) is 4.60. The van der Waals surface area contributed by atoms with Gasteiger partial charge in [-0.3, -0.25) is 4.79 Å². The summed E-state index contributed by atoms with van der Waals surface area (Å²) in [4.78, 5) is 42.6. The van der Waals surface area contributed by atoms with Crippen LogP contribution >= 0.6 is 11.8 Å². The fraction of sp³-hybridized carbons (Fsp3) is 0.444. The number of thioether (sulfide) groups is 1. The number of aliphatic carboxylic acids is 1. The monoisotopic (exact) mass is 425 g/mol. The summed E-state index contributed by atoms with van der Waals surface area (Å²) >= 11 is 1.87. The average Bonchev–Trinajstić information content (AvgIpc) is 3.18. The molecule has 2 saturated heterocycles. The lowest BCUT2D eigenvalue weighted by atomic mass is 10.0. The fourth-order valence-electron chi connectivity index (χ4n) is 3.25. The van der Waals surface area contributed by atoms with Gasteiger partial charge in [0.25, 0.3) is 0 Å². The van der Waals surface area contributed by atoms with Gasteiger partial charge in [-0.05, 0) is 25.0 Å². The Kier molecular flexibility index (Phi) is 7.71. The Balaban J connectivity index is 0.000000212. The number of anilines is 1. The third-order valence-corrected chi connectivity index (χ3v) is 6.12. The molecule has 3 atom stereocenters. The van der Waals surface area contributed by atoms with E-state index in [1.165, 1.54) is 18.2 Å². The molecule has 0 bridgehead atoms. The number of carbonyl (C=O) groups is 4. The molecule has 1 aromatic rings. The summed E-state index contributed by atoms with van der Waals surface area (Å²) in [5.74, 6) is -2.40. The van der Waals surface area contributed by atoms with Crippen LogP contribution < -0.4 is 16.4 Å². The zero-order valence-corrected chi connectivity index (χ0v) is 16.3. The number of nitrogen functional groups attached to an aromatic ring is 1. The molecule has 0 saturated carbocycles. The molecular formula is C18H23N3O7S. The second-order valence-electron chi connectivity index (χ2n) is 6.64. The van der Waals surface area contributed by atoms with Gasteiger partial charge in [0.2, 0.25) is 0 Å². The van der Waals surface area contributed by atoms with Crippen LogP contribution in [0.3, 0.4) is 0 Å². The molecular weight excluding hydrogens is 402 g/mol. The molecule has 0 spiro atoms. The fourth-order valence-corrected chi connectivity index (χ4v) is 4.80. The van der Waals surface area contributed by atoms with Crippen LogP contribution in [0, 0.1) is 0 Å². The van der Waals surface area contributed by atoms with E-state index in [1.807, 2.05) is 11.8 Å². The van der Waals surface area contributed by atoms with Gasteiger partial charge in [-0.15, -0.1) is 0 Å². The number of carbonyl (C=O) groups excluding carboxylic acids is 1. The number of nitrogens with one attached hydrogen (secondary N) is 2. The van der Waals surface area contributed by atoms with E-state index in [9.17, 15) is 19.2 Å². The smallest absolute Gasteiger partial charge is 0.338 e. The molecule has 11 heteroatoms. The van der Waals surface area contributed by atoms with Gasteiger partial charge >= 0.3 is 23.9 Å². The van der Waals surface area contributed by atoms with Gasteiger partial charge in [0.1, 0.15) is 0 Å². The Bertz CT molecular complexity index is 802. The second kappa shape index (κ2) is 10.0. The molecule has 2 heterocycles. The maximum Gasteiger partial charge on any atom is 0.338 e. The topological polar surface area (TPSA) is 179 Å². The number of nitrogens with two attached hydrogens (primary N) is 1. The summed E-state index contributed by atoms with van der Waals surface area (Å²) in [6.45, 7) is 0. The van der Waals surface area contributed by atoms with Crippen molar-refractivity contribution in [3.05, 3.63) is 29.3 Å². The molecule has 29 heavy (non-hydrogen) atoms. The zero-order valence-electron chi connectivity index (χ0n) is 15.5. The molecule has 2 aliphatic heterocycles. The number of benzene rings is 1. The molecule has 7 N–H and O–H groups in total. The second-order valence-corrected chi connectivity index (χ2v) is 7.91. The number of unbranched alkanes of at least 4 members (excludes halogenated alkanes) is 1. The SMILES string of the molecule is Nc1cccc(C(=O)O)c1C(=O)O.O=C(O)CCCC[C@@H]1SC[C@@H]2NC(=O)N[C@@H]21. The summed E-state index contributed by atoms with van der Waals surface area (Å²) in [6.07, 6.45) is 2.88. The van der Waals surface area contributed by atoms with E-state index in [-0.39, 0.29) is 41.3 Å². The molecule has 0 aromatic heterocycles. The number of rotatable bonds is 7. The van der Waals surface area contributed by atoms with E-state index in [2.05, 4.69) is 10.6 Å². The lowest BCUT2D eigenvalue weighted by molar-refractivity contribution is -0.137. The van der Waals surface area contributed by atoms with Crippen LogP contribution in [0.15, 0.2) is 18.2 Å². The molecule has 2 aliphatic rings. The molecule has 0 radical (unpaired) electrons. The van der Waals surface area contributed by atoms with Crippen LogP contribution in [0.5, 0.6) is 0 Å². The molecule has 2 fully saturated rings.